The summed E-state index contributed by atoms with van der Waals surface area (Å²) >= 11 is 0. The molecule has 140 valence electrons. The van der Waals surface area contributed by atoms with Crippen molar-refractivity contribution in [3.05, 3.63) is 65.2 Å². The van der Waals surface area contributed by atoms with Gasteiger partial charge in [-0.15, -0.1) is 0 Å². The Morgan fingerprint density at radius 1 is 1.07 bits per heavy atom. The maximum Gasteiger partial charge on any atom is 0.258 e. The minimum Gasteiger partial charge on any atom is -0.484 e. The van der Waals surface area contributed by atoms with Crippen molar-refractivity contribution in [1.82, 2.24) is 10.2 Å². The second-order valence-electron chi connectivity index (χ2n) is 6.41. The third kappa shape index (κ3) is 6.10. The molecule has 1 aliphatic rings. The molecule has 6 nitrogen and oxygen atoms in total. The number of nitriles is 1. The molecule has 1 aliphatic heterocycles. The van der Waals surface area contributed by atoms with Gasteiger partial charge in [-0.2, -0.15) is 5.26 Å². The lowest BCUT2D eigenvalue weighted by molar-refractivity contribution is -0.123. The highest BCUT2D eigenvalue weighted by molar-refractivity contribution is 5.77. The number of morpholine rings is 1. The third-order valence-electron chi connectivity index (χ3n) is 4.38. The minimum atomic E-state index is -0.184. The quantitative estimate of drug-likeness (QED) is 0.813. The number of rotatable bonds is 7. The van der Waals surface area contributed by atoms with E-state index >= 15 is 0 Å². The third-order valence-corrected chi connectivity index (χ3v) is 4.38. The van der Waals surface area contributed by atoms with Crippen LogP contribution >= 0.6 is 0 Å². The van der Waals surface area contributed by atoms with Gasteiger partial charge in [-0.05, 0) is 35.4 Å². The number of hydrogen-bond acceptors (Lipinski definition) is 5. The van der Waals surface area contributed by atoms with E-state index in [2.05, 4.69) is 22.3 Å². The highest BCUT2D eigenvalue weighted by Gasteiger charge is 2.10. The van der Waals surface area contributed by atoms with E-state index in [1.807, 2.05) is 18.2 Å². The van der Waals surface area contributed by atoms with Gasteiger partial charge in [0.2, 0.25) is 0 Å². The van der Waals surface area contributed by atoms with Gasteiger partial charge in [-0.1, -0.05) is 24.3 Å². The van der Waals surface area contributed by atoms with Crippen molar-refractivity contribution < 1.29 is 14.3 Å². The van der Waals surface area contributed by atoms with Crippen molar-refractivity contribution in [1.29, 1.82) is 5.26 Å². The van der Waals surface area contributed by atoms with Crippen LogP contribution in [0.15, 0.2) is 48.5 Å². The Morgan fingerprint density at radius 2 is 1.74 bits per heavy atom. The standard InChI is InChI=1S/C21H23N3O3/c22-13-17-5-7-20(8-6-17)27-16-21(25)23-14-18-1-3-19(4-2-18)15-24-9-11-26-12-10-24/h1-8H,9-12,14-16H2,(H,23,25). The Hall–Kier alpha value is -2.88. The Labute approximate surface area is 159 Å². The van der Waals surface area contributed by atoms with Crippen LogP contribution in [0.25, 0.3) is 0 Å². The molecule has 0 bridgehead atoms. The van der Waals surface area contributed by atoms with Gasteiger partial charge in [0.1, 0.15) is 5.75 Å². The van der Waals surface area contributed by atoms with E-state index in [9.17, 15) is 4.79 Å². The molecule has 2 aromatic rings. The van der Waals surface area contributed by atoms with Crippen LogP contribution in [0.4, 0.5) is 0 Å². The molecule has 0 unspecified atom stereocenters. The number of carbonyl (C=O) groups excluding carboxylic acids is 1. The van der Waals surface area contributed by atoms with Crippen molar-refractivity contribution in [2.24, 2.45) is 0 Å². The molecule has 0 atom stereocenters. The first kappa shape index (κ1) is 18.9. The van der Waals surface area contributed by atoms with Crippen molar-refractivity contribution in [2.45, 2.75) is 13.1 Å². The number of benzene rings is 2. The summed E-state index contributed by atoms with van der Waals surface area (Å²) in [5.74, 6) is 0.383. The largest absolute Gasteiger partial charge is 0.484 e. The van der Waals surface area contributed by atoms with Gasteiger partial charge in [0, 0.05) is 26.2 Å². The molecule has 6 heteroatoms. The lowest BCUT2D eigenvalue weighted by atomic mass is 10.1. The van der Waals surface area contributed by atoms with Crippen molar-refractivity contribution in [2.75, 3.05) is 32.9 Å². The fourth-order valence-electron chi connectivity index (χ4n) is 2.81. The number of ether oxygens (including phenoxy) is 2. The summed E-state index contributed by atoms with van der Waals surface area (Å²) in [6.07, 6.45) is 0. The molecule has 0 spiro atoms. The van der Waals surface area contributed by atoms with Crippen LogP contribution in [0, 0.1) is 11.3 Å². The first-order valence-corrected chi connectivity index (χ1v) is 9.00. The molecule has 1 N–H and O–H groups in total. The number of nitrogens with one attached hydrogen (secondary N) is 1. The minimum absolute atomic E-state index is 0.0545. The number of carbonyl (C=O) groups is 1. The molecule has 1 amide bonds. The maximum absolute atomic E-state index is 11.9. The molecule has 2 aromatic carbocycles. The Balaban J connectivity index is 1.39. The summed E-state index contributed by atoms with van der Waals surface area (Å²) < 4.78 is 10.8. The van der Waals surface area contributed by atoms with Crippen molar-refractivity contribution in [3.63, 3.8) is 0 Å². The molecule has 0 saturated carbocycles. The van der Waals surface area contributed by atoms with E-state index in [1.54, 1.807) is 24.3 Å². The van der Waals surface area contributed by atoms with Crippen molar-refractivity contribution in [3.8, 4) is 11.8 Å². The van der Waals surface area contributed by atoms with E-state index in [0.29, 0.717) is 17.9 Å². The second-order valence-corrected chi connectivity index (χ2v) is 6.41. The fraction of sp³-hybridized carbons (Fsp3) is 0.333. The first-order valence-electron chi connectivity index (χ1n) is 9.00. The molecule has 3 rings (SSSR count). The molecular formula is C21H23N3O3. The smallest absolute Gasteiger partial charge is 0.258 e. The first-order chi connectivity index (χ1) is 13.2. The van der Waals surface area contributed by atoms with E-state index in [1.165, 1.54) is 5.56 Å². The summed E-state index contributed by atoms with van der Waals surface area (Å²) in [4.78, 5) is 14.3. The van der Waals surface area contributed by atoms with Gasteiger partial charge in [0.25, 0.3) is 5.91 Å². The fourth-order valence-corrected chi connectivity index (χ4v) is 2.81. The summed E-state index contributed by atoms with van der Waals surface area (Å²) in [7, 11) is 0. The van der Waals surface area contributed by atoms with E-state index in [0.717, 1.165) is 38.4 Å². The molecular weight excluding hydrogens is 342 g/mol. The Morgan fingerprint density at radius 3 is 2.41 bits per heavy atom. The second kappa shape index (κ2) is 9.72. The zero-order chi connectivity index (χ0) is 18.9. The summed E-state index contributed by atoms with van der Waals surface area (Å²) in [5.41, 5.74) is 2.87. The van der Waals surface area contributed by atoms with Gasteiger partial charge in [-0.25, -0.2) is 0 Å². The normalized spacial score (nSPS) is 14.3. The SMILES string of the molecule is N#Cc1ccc(OCC(=O)NCc2ccc(CN3CCOCC3)cc2)cc1. The van der Waals surface area contributed by atoms with Crippen LogP contribution in [0.5, 0.6) is 5.75 Å². The topological polar surface area (TPSA) is 74.6 Å². The zero-order valence-electron chi connectivity index (χ0n) is 15.2. The lowest BCUT2D eigenvalue weighted by Gasteiger charge is -2.26. The van der Waals surface area contributed by atoms with E-state index < -0.39 is 0 Å². The average molecular weight is 365 g/mol. The molecule has 1 fully saturated rings. The molecule has 1 heterocycles. The predicted molar refractivity (Wildman–Crippen MR) is 101 cm³/mol. The van der Waals surface area contributed by atoms with Crippen molar-refractivity contribution >= 4 is 5.91 Å². The molecule has 27 heavy (non-hydrogen) atoms. The Bertz CT molecular complexity index is 776. The van der Waals surface area contributed by atoms with Gasteiger partial charge in [-0.3, -0.25) is 9.69 Å². The zero-order valence-corrected chi connectivity index (χ0v) is 15.2. The summed E-state index contributed by atoms with van der Waals surface area (Å²) in [6.45, 7) is 4.88. The number of hydrogen-bond donors (Lipinski definition) is 1. The van der Waals surface area contributed by atoms with Gasteiger partial charge < -0.3 is 14.8 Å². The number of amides is 1. The molecule has 0 radical (unpaired) electrons. The lowest BCUT2D eigenvalue weighted by Crippen LogP contribution is -2.35. The highest BCUT2D eigenvalue weighted by Crippen LogP contribution is 2.11. The molecule has 1 saturated heterocycles. The van der Waals surface area contributed by atoms with Gasteiger partial charge >= 0.3 is 0 Å². The van der Waals surface area contributed by atoms with Crippen LogP contribution in [-0.4, -0.2) is 43.7 Å². The Kier molecular flexibility index (Phi) is 6.80. The monoisotopic (exact) mass is 365 g/mol. The van der Waals surface area contributed by atoms with Crippen LogP contribution in [-0.2, 0) is 22.6 Å². The number of nitrogens with zero attached hydrogens (tertiary/aromatic N) is 2. The predicted octanol–water partition coefficient (Wildman–Crippen LogP) is 2.09. The van der Waals surface area contributed by atoms with E-state index in [-0.39, 0.29) is 12.5 Å². The van der Waals surface area contributed by atoms with Crippen LogP contribution in [0.2, 0.25) is 0 Å². The van der Waals surface area contributed by atoms with Gasteiger partial charge in [0.05, 0.1) is 24.8 Å². The summed E-state index contributed by atoms with van der Waals surface area (Å²) in [5, 5.41) is 11.6. The highest BCUT2D eigenvalue weighted by atomic mass is 16.5. The maximum atomic E-state index is 11.9. The van der Waals surface area contributed by atoms with Gasteiger partial charge in [0.15, 0.2) is 6.61 Å². The van der Waals surface area contributed by atoms with Crippen LogP contribution < -0.4 is 10.1 Å². The van der Waals surface area contributed by atoms with Crippen LogP contribution in [0.1, 0.15) is 16.7 Å². The molecule has 0 aromatic heterocycles. The summed E-state index contributed by atoms with van der Waals surface area (Å²) in [6, 6.07) is 17.0. The molecule has 0 aliphatic carbocycles. The van der Waals surface area contributed by atoms with Crippen LogP contribution in [0.3, 0.4) is 0 Å². The average Bonchev–Trinajstić information content (AvgIpc) is 2.73. The van der Waals surface area contributed by atoms with E-state index in [4.69, 9.17) is 14.7 Å².